The molecule has 0 aliphatic carbocycles. The van der Waals surface area contributed by atoms with Crippen molar-refractivity contribution >= 4 is 17.5 Å². The Morgan fingerprint density at radius 3 is 2.86 bits per heavy atom. The van der Waals surface area contributed by atoms with E-state index < -0.39 is 0 Å². The number of para-hydroxylation sites is 1. The van der Waals surface area contributed by atoms with E-state index in [0.717, 1.165) is 25.8 Å². The average Bonchev–Trinajstić information content (AvgIpc) is 2.54. The Hall–Kier alpha value is -1.88. The van der Waals surface area contributed by atoms with Crippen LogP contribution < -0.4 is 16.0 Å². The maximum Gasteiger partial charge on any atom is 0.253 e. The summed E-state index contributed by atoms with van der Waals surface area (Å²) in [6, 6.07) is 7.14. The third-order valence-electron chi connectivity index (χ3n) is 3.63. The lowest BCUT2D eigenvalue weighted by molar-refractivity contribution is -0.120. The van der Waals surface area contributed by atoms with Crippen molar-refractivity contribution in [2.75, 3.05) is 25.0 Å². The fraction of sp³-hybridized carbons (Fsp3) is 0.500. The molecule has 1 aromatic carbocycles. The lowest BCUT2D eigenvalue weighted by Gasteiger charge is -2.22. The number of piperidine rings is 1. The zero-order valence-corrected chi connectivity index (χ0v) is 12.4. The highest BCUT2D eigenvalue weighted by molar-refractivity contribution is 6.04. The number of benzene rings is 1. The zero-order chi connectivity index (χ0) is 15.1. The fourth-order valence-electron chi connectivity index (χ4n) is 2.43. The van der Waals surface area contributed by atoms with Crippen molar-refractivity contribution in [1.82, 2.24) is 10.6 Å². The molecule has 21 heavy (non-hydrogen) atoms. The van der Waals surface area contributed by atoms with E-state index in [1.807, 2.05) is 13.0 Å². The molecule has 0 aromatic heterocycles. The molecule has 0 saturated carbocycles. The number of carbonyl (C=O) groups is 2. The van der Waals surface area contributed by atoms with Gasteiger partial charge in [-0.1, -0.05) is 19.1 Å². The number of hydrogen-bond acceptors (Lipinski definition) is 3. The third kappa shape index (κ3) is 4.29. The lowest BCUT2D eigenvalue weighted by Crippen LogP contribution is -2.37. The molecular formula is C16H23N3O2. The van der Waals surface area contributed by atoms with E-state index >= 15 is 0 Å². The summed E-state index contributed by atoms with van der Waals surface area (Å²) < 4.78 is 0. The summed E-state index contributed by atoms with van der Waals surface area (Å²) in [5.74, 6) is -0.182. The van der Waals surface area contributed by atoms with Crippen LogP contribution in [0, 0.1) is 5.92 Å². The summed E-state index contributed by atoms with van der Waals surface area (Å²) >= 11 is 0. The molecule has 1 aliphatic rings. The molecule has 1 atom stereocenters. The molecule has 1 saturated heterocycles. The minimum Gasteiger partial charge on any atom is -0.352 e. The van der Waals surface area contributed by atoms with Crippen LogP contribution in [0.3, 0.4) is 0 Å². The molecule has 2 amide bonds. The number of carbonyl (C=O) groups excluding carboxylic acids is 2. The van der Waals surface area contributed by atoms with Crippen molar-refractivity contribution in [1.29, 1.82) is 0 Å². The Morgan fingerprint density at radius 1 is 1.33 bits per heavy atom. The molecule has 5 nitrogen and oxygen atoms in total. The smallest absolute Gasteiger partial charge is 0.253 e. The number of hydrogen-bond donors (Lipinski definition) is 3. The van der Waals surface area contributed by atoms with Crippen LogP contribution in [0.1, 0.15) is 36.5 Å². The van der Waals surface area contributed by atoms with Crippen LogP contribution in [0.15, 0.2) is 24.3 Å². The summed E-state index contributed by atoms with van der Waals surface area (Å²) in [6.07, 6.45) is 2.79. The topological polar surface area (TPSA) is 70.2 Å². The molecule has 1 aliphatic heterocycles. The quantitative estimate of drug-likeness (QED) is 0.773. The van der Waals surface area contributed by atoms with Gasteiger partial charge in [-0.2, -0.15) is 0 Å². The van der Waals surface area contributed by atoms with Gasteiger partial charge >= 0.3 is 0 Å². The molecule has 114 valence electrons. The largest absolute Gasteiger partial charge is 0.352 e. The van der Waals surface area contributed by atoms with Gasteiger partial charge in [-0.05, 0) is 37.9 Å². The molecule has 1 heterocycles. The molecule has 1 fully saturated rings. The normalized spacial score (nSPS) is 18.0. The summed E-state index contributed by atoms with van der Waals surface area (Å²) in [4.78, 5) is 24.4. The minimum atomic E-state index is -0.144. The van der Waals surface area contributed by atoms with Crippen LogP contribution >= 0.6 is 0 Å². The molecule has 3 N–H and O–H groups in total. The lowest BCUT2D eigenvalue weighted by atomic mass is 9.98. The monoisotopic (exact) mass is 289 g/mol. The van der Waals surface area contributed by atoms with Gasteiger partial charge in [0.2, 0.25) is 5.91 Å². The first kappa shape index (κ1) is 15.5. The predicted molar refractivity (Wildman–Crippen MR) is 83.3 cm³/mol. The van der Waals surface area contributed by atoms with Crippen molar-refractivity contribution in [3.63, 3.8) is 0 Å². The molecule has 2 rings (SSSR count). The first-order valence-electron chi connectivity index (χ1n) is 7.61. The van der Waals surface area contributed by atoms with Gasteiger partial charge in [-0.3, -0.25) is 9.59 Å². The second-order valence-electron chi connectivity index (χ2n) is 5.33. The maximum absolute atomic E-state index is 12.3. The van der Waals surface area contributed by atoms with Crippen molar-refractivity contribution in [3.05, 3.63) is 29.8 Å². The zero-order valence-electron chi connectivity index (χ0n) is 12.4. The summed E-state index contributed by atoms with van der Waals surface area (Å²) in [5.41, 5.74) is 1.10. The summed E-state index contributed by atoms with van der Waals surface area (Å²) in [5, 5.41) is 8.96. The van der Waals surface area contributed by atoms with Gasteiger partial charge < -0.3 is 16.0 Å². The summed E-state index contributed by atoms with van der Waals surface area (Å²) in [7, 11) is 0. The molecule has 1 aromatic rings. The Morgan fingerprint density at radius 2 is 2.14 bits per heavy atom. The Bertz CT molecular complexity index is 496. The van der Waals surface area contributed by atoms with Gasteiger partial charge in [-0.15, -0.1) is 0 Å². The van der Waals surface area contributed by atoms with E-state index in [9.17, 15) is 9.59 Å². The van der Waals surface area contributed by atoms with E-state index in [4.69, 9.17) is 0 Å². The van der Waals surface area contributed by atoms with E-state index in [0.29, 0.717) is 24.3 Å². The Balaban J connectivity index is 2.05. The highest BCUT2D eigenvalue weighted by Crippen LogP contribution is 2.18. The highest BCUT2D eigenvalue weighted by atomic mass is 16.2. The van der Waals surface area contributed by atoms with E-state index in [2.05, 4.69) is 16.0 Å². The molecule has 5 heteroatoms. The van der Waals surface area contributed by atoms with Gasteiger partial charge in [0.15, 0.2) is 0 Å². The number of nitrogens with one attached hydrogen (secondary N) is 3. The fourth-order valence-corrected chi connectivity index (χ4v) is 2.43. The predicted octanol–water partition coefficient (Wildman–Crippen LogP) is 1.76. The second kappa shape index (κ2) is 7.78. The van der Waals surface area contributed by atoms with Crippen molar-refractivity contribution in [3.8, 4) is 0 Å². The Labute approximate surface area is 125 Å². The van der Waals surface area contributed by atoms with Crippen molar-refractivity contribution < 1.29 is 9.59 Å². The van der Waals surface area contributed by atoms with E-state index in [1.54, 1.807) is 18.2 Å². The first-order chi connectivity index (χ1) is 10.2. The SMILES string of the molecule is CCCNC(=O)c1ccccc1NC(=O)[C@@H]1CCCNC1. The molecule has 0 spiro atoms. The first-order valence-corrected chi connectivity index (χ1v) is 7.61. The van der Waals surface area contributed by atoms with Crippen LogP contribution in [0.4, 0.5) is 5.69 Å². The van der Waals surface area contributed by atoms with Crippen LogP contribution in [-0.2, 0) is 4.79 Å². The van der Waals surface area contributed by atoms with Crippen LogP contribution in [0.5, 0.6) is 0 Å². The van der Waals surface area contributed by atoms with Gasteiger partial charge in [0, 0.05) is 13.1 Å². The maximum atomic E-state index is 12.3. The van der Waals surface area contributed by atoms with E-state index in [1.165, 1.54) is 0 Å². The molecular weight excluding hydrogens is 266 g/mol. The van der Waals surface area contributed by atoms with Gasteiger partial charge in [0.1, 0.15) is 0 Å². The van der Waals surface area contributed by atoms with Gasteiger partial charge in [-0.25, -0.2) is 0 Å². The van der Waals surface area contributed by atoms with E-state index in [-0.39, 0.29) is 17.7 Å². The second-order valence-corrected chi connectivity index (χ2v) is 5.33. The highest BCUT2D eigenvalue weighted by Gasteiger charge is 2.22. The van der Waals surface area contributed by atoms with Crippen LogP contribution in [-0.4, -0.2) is 31.4 Å². The standard InChI is InChI=1S/C16H23N3O2/c1-2-9-18-16(21)13-7-3-4-8-14(13)19-15(20)12-6-5-10-17-11-12/h3-4,7-8,12,17H,2,5-6,9-11H2,1H3,(H,18,21)(H,19,20)/t12-/m1/s1. The van der Waals surface area contributed by atoms with Crippen LogP contribution in [0.25, 0.3) is 0 Å². The Kier molecular flexibility index (Phi) is 5.75. The molecule has 0 radical (unpaired) electrons. The number of amides is 2. The molecule has 0 bridgehead atoms. The van der Waals surface area contributed by atoms with Crippen molar-refractivity contribution in [2.45, 2.75) is 26.2 Å². The van der Waals surface area contributed by atoms with Crippen LogP contribution in [0.2, 0.25) is 0 Å². The average molecular weight is 289 g/mol. The van der Waals surface area contributed by atoms with Gasteiger partial charge in [0.25, 0.3) is 5.91 Å². The summed E-state index contributed by atoms with van der Waals surface area (Å²) in [6.45, 7) is 4.31. The number of rotatable bonds is 5. The van der Waals surface area contributed by atoms with Gasteiger partial charge in [0.05, 0.1) is 17.2 Å². The third-order valence-corrected chi connectivity index (χ3v) is 3.63. The number of anilines is 1. The molecule has 0 unspecified atom stereocenters. The minimum absolute atomic E-state index is 0.0158. The van der Waals surface area contributed by atoms with Crippen molar-refractivity contribution in [2.24, 2.45) is 5.92 Å².